The monoisotopic (exact) mass is 335 g/mol. The molecule has 0 atom stereocenters. The van der Waals surface area contributed by atoms with E-state index in [9.17, 15) is 4.79 Å². The topological polar surface area (TPSA) is 70.9 Å². The first-order valence-corrected chi connectivity index (χ1v) is 7.31. The molecular formula is C14H14BrN3O2. The zero-order chi connectivity index (χ0) is 13.9. The van der Waals surface area contributed by atoms with Crippen molar-refractivity contribution >= 4 is 38.0 Å². The van der Waals surface area contributed by atoms with E-state index in [0.29, 0.717) is 11.1 Å². The highest BCUT2D eigenvalue weighted by Crippen LogP contribution is 2.27. The van der Waals surface area contributed by atoms with E-state index in [0.717, 1.165) is 9.86 Å². The molecule has 20 heavy (non-hydrogen) atoms. The van der Waals surface area contributed by atoms with Crippen LogP contribution in [-0.2, 0) is 0 Å². The molecule has 3 aromatic rings. The van der Waals surface area contributed by atoms with Crippen LogP contribution in [0.3, 0.4) is 0 Å². The highest BCUT2D eigenvalue weighted by Gasteiger charge is 2.10. The quantitative estimate of drug-likeness (QED) is 0.662. The molecule has 104 valence electrons. The zero-order valence-corrected chi connectivity index (χ0v) is 12.4. The fourth-order valence-corrected chi connectivity index (χ4v) is 2.55. The van der Waals surface area contributed by atoms with Crippen LogP contribution in [0.25, 0.3) is 22.1 Å². The van der Waals surface area contributed by atoms with Gasteiger partial charge in [0.1, 0.15) is 11.1 Å². The summed E-state index contributed by atoms with van der Waals surface area (Å²) in [5.74, 6) is 0. The maximum atomic E-state index is 11.4. The van der Waals surface area contributed by atoms with Crippen LogP contribution in [0.4, 0.5) is 0 Å². The predicted molar refractivity (Wildman–Crippen MR) is 81.9 cm³/mol. The smallest absolute Gasteiger partial charge is 0.294 e. The molecule has 1 aliphatic heterocycles. The third-order valence-corrected chi connectivity index (χ3v) is 3.67. The summed E-state index contributed by atoms with van der Waals surface area (Å²) in [5.41, 5.74) is 1.27. The van der Waals surface area contributed by atoms with E-state index in [4.69, 9.17) is 4.42 Å². The fourth-order valence-electron chi connectivity index (χ4n) is 2.18. The lowest BCUT2D eigenvalue weighted by Gasteiger charge is -1.88. The SMILES string of the molecule is C1CCNC1.O=c1[nH]cnc2c1oc1ccc(Br)cc12. The first-order chi connectivity index (χ1) is 9.75. The second-order valence-corrected chi connectivity index (χ2v) is 5.52. The molecule has 0 unspecified atom stereocenters. The summed E-state index contributed by atoms with van der Waals surface area (Å²) in [6.07, 6.45) is 4.15. The number of nitrogens with one attached hydrogen (secondary N) is 2. The molecule has 4 rings (SSSR count). The van der Waals surface area contributed by atoms with Gasteiger partial charge in [-0.3, -0.25) is 4.79 Å². The van der Waals surface area contributed by atoms with Gasteiger partial charge in [0, 0.05) is 9.86 Å². The van der Waals surface area contributed by atoms with E-state index in [1.165, 1.54) is 32.3 Å². The largest absolute Gasteiger partial charge is 0.449 e. The van der Waals surface area contributed by atoms with Gasteiger partial charge in [0.05, 0.1) is 6.33 Å². The van der Waals surface area contributed by atoms with E-state index in [2.05, 4.69) is 31.2 Å². The van der Waals surface area contributed by atoms with Crippen LogP contribution in [0.2, 0.25) is 0 Å². The number of aromatic amines is 1. The molecular weight excluding hydrogens is 322 g/mol. The van der Waals surface area contributed by atoms with Gasteiger partial charge >= 0.3 is 0 Å². The van der Waals surface area contributed by atoms with Gasteiger partial charge in [0.15, 0.2) is 0 Å². The fraction of sp³-hybridized carbons (Fsp3) is 0.286. The van der Waals surface area contributed by atoms with Gasteiger partial charge in [0.25, 0.3) is 5.56 Å². The number of benzene rings is 1. The van der Waals surface area contributed by atoms with E-state index in [-0.39, 0.29) is 11.1 Å². The predicted octanol–water partition coefficient (Wildman–Crippen LogP) is 2.80. The Balaban J connectivity index is 0.000000205. The summed E-state index contributed by atoms with van der Waals surface area (Å²) >= 11 is 3.37. The van der Waals surface area contributed by atoms with Crippen LogP contribution in [0.15, 0.2) is 38.2 Å². The Bertz CT molecular complexity index is 782. The van der Waals surface area contributed by atoms with Crippen molar-refractivity contribution < 1.29 is 4.42 Å². The van der Waals surface area contributed by atoms with E-state index >= 15 is 0 Å². The number of hydrogen-bond acceptors (Lipinski definition) is 4. The van der Waals surface area contributed by atoms with Gasteiger partial charge in [-0.15, -0.1) is 0 Å². The molecule has 3 heterocycles. The number of hydrogen-bond donors (Lipinski definition) is 2. The van der Waals surface area contributed by atoms with Crippen molar-refractivity contribution in [3.63, 3.8) is 0 Å². The summed E-state index contributed by atoms with van der Waals surface area (Å²) in [6, 6.07) is 5.55. The third-order valence-electron chi connectivity index (χ3n) is 3.18. The Morgan fingerprint density at radius 3 is 2.75 bits per heavy atom. The molecule has 0 radical (unpaired) electrons. The number of fused-ring (bicyclic) bond motifs is 3. The van der Waals surface area contributed by atoms with Gasteiger partial charge in [-0.25, -0.2) is 4.98 Å². The summed E-state index contributed by atoms with van der Waals surface area (Å²) in [5, 5.41) is 4.06. The average Bonchev–Trinajstić information content (AvgIpc) is 3.10. The number of aromatic nitrogens is 2. The highest BCUT2D eigenvalue weighted by molar-refractivity contribution is 9.10. The number of rotatable bonds is 0. The maximum Gasteiger partial charge on any atom is 0.294 e. The minimum Gasteiger partial charge on any atom is -0.449 e. The van der Waals surface area contributed by atoms with Crippen LogP contribution < -0.4 is 10.9 Å². The van der Waals surface area contributed by atoms with Gasteiger partial charge < -0.3 is 14.7 Å². The van der Waals surface area contributed by atoms with Crippen LogP contribution in [0.1, 0.15) is 12.8 Å². The van der Waals surface area contributed by atoms with Crippen molar-refractivity contribution in [3.8, 4) is 0 Å². The van der Waals surface area contributed by atoms with Gasteiger partial charge in [-0.2, -0.15) is 0 Å². The average molecular weight is 336 g/mol. The molecule has 5 nitrogen and oxygen atoms in total. The summed E-state index contributed by atoms with van der Waals surface area (Å²) < 4.78 is 6.34. The Labute approximate surface area is 123 Å². The lowest BCUT2D eigenvalue weighted by molar-refractivity contribution is 0.661. The molecule has 6 heteroatoms. The van der Waals surface area contributed by atoms with Crippen molar-refractivity contribution in [2.24, 2.45) is 0 Å². The summed E-state index contributed by atoms with van der Waals surface area (Å²) in [7, 11) is 0. The highest BCUT2D eigenvalue weighted by atomic mass is 79.9. The van der Waals surface area contributed by atoms with Crippen molar-refractivity contribution in [3.05, 3.63) is 39.4 Å². The molecule has 0 spiro atoms. The third kappa shape index (κ3) is 2.62. The van der Waals surface area contributed by atoms with Gasteiger partial charge in [0.2, 0.25) is 5.58 Å². The minimum atomic E-state index is -0.257. The Morgan fingerprint density at radius 1 is 1.25 bits per heavy atom. The molecule has 1 aromatic carbocycles. The number of H-pyrrole nitrogens is 1. The van der Waals surface area contributed by atoms with Crippen LogP contribution in [0, 0.1) is 0 Å². The van der Waals surface area contributed by atoms with Gasteiger partial charge in [-0.05, 0) is 44.1 Å². The Kier molecular flexibility index (Phi) is 3.84. The second-order valence-electron chi connectivity index (χ2n) is 4.61. The summed E-state index contributed by atoms with van der Waals surface area (Å²) in [6.45, 7) is 2.50. The first-order valence-electron chi connectivity index (χ1n) is 6.52. The minimum absolute atomic E-state index is 0.257. The molecule has 0 amide bonds. The van der Waals surface area contributed by atoms with Gasteiger partial charge in [-0.1, -0.05) is 15.9 Å². The van der Waals surface area contributed by atoms with Crippen molar-refractivity contribution in [1.29, 1.82) is 0 Å². The molecule has 0 bridgehead atoms. The molecule has 0 aliphatic carbocycles. The van der Waals surface area contributed by atoms with Crippen LogP contribution in [0.5, 0.6) is 0 Å². The molecule has 1 saturated heterocycles. The standard InChI is InChI=1S/C10H5BrN2O2.C4H9N/c11-5-1-2-7-6(3-5)8-9(15-7)10(14)13-4-12-8;1-2-4-5-3-1/h1-4H,(H,12,13,14);5H,1-4H2. The second kappa shape index (κ2) is 5.76. The zero-order valence-electron chi connectivity index (χ0n) is 10.8. The normalized spacial score (nSPS) is 14.4. The number of nitrogens with zero attached hydrogens (tertiary/aromatic N) is 1. The Hall–Kier alpha value is -1.66. The van der Waals surface area contributed by atoms with Crippen LogP contribution >= 0.6 is 15.9 Å². The van der Waals surface area contributed by atoms with Crippen molar-refractivity contribution in [1.82, 2.24) is 15.3 Å². The van der Waals surface area contributed by atoms with E-state index in [1.54, 1.807) is 6.07 Å². The molecule has 1 aliphatic rings. The van der Waals surface area contributed by atoms with Crippen LogP contribution in [-0.4, -0.2) is 23.1 Å². The molecule has 0 saturated carbocycles. The summed E-state index contributed by atoms with van der Waals surface area (Å²) in [4.78, 5) is 18.0. The molecule has 2 N–H and O–H groups in total. The molecule has 2 aromatic heterocycles. The lowest BCUT2D eigenvalue weighted by Crippen LogP contribution is -2.03. The molecule has 1 fully saturated rings. The van der Waals surface area contributed by atoms with Crippen molar-refractivity contribution in [2.75, 3.05) is 13.1 Å². The van der Waals surface area contributed by atoms with E-state index in [1.807, 2.05) is 12.1 Å². The number of furan rings is 1. The Morgan fingerprint density at radius 2 is 2.05 bits per heavy atom. The maximum absolute atomic E-state index is 11.4. The number of halogens is 1. The first kappa shape index (κ1) is 13.3. The van der Waals surface area contributed by atoms with E-state index < -0.39 is 0 Å². The van der Waals surface area contributed by atoms with Crippen molar-refractivity contribution in [2.45, 2.75) is 12.8 Å². The lowest BCUT2D eigenvalue weighted by atomic mass is 10.2.